The van der Waals surface area contributed by atoms with Gasteiger partial charge in [0, 0.05) is 12.4 Å². The third-order valence-electron chi connectivity index (χ3n) is 2.44. The molecule has 2 aromatic rings. The number of aromatic nitrogens is 2. The molecule has 0 aliphatic carbocycles. The van der Waals surface area contributed by atoms with Gasteiger partial charge in [-0.2, -0.15) is 0 Å². The Morgan fingerprint density at radius 3 is 2.45 bits per heavy atom. The van der Waals surface area contributed by atoms with Crippen LogP contribution in [0.5, 0.6) is 5.75 Å². The van der Waals surface area contributed by atoms with Crippen LogP contribution in [-0.4, -0.2) is 22.5 Å². The Morgan fingerprint density at radius 1 is 1.15 bits per heavy atom. The first-order valence-electron chi connectivity index (χ1n) is 6.16. The van der Waals surface area contributed by atoms with Crippen molar-refractivity contribution in [1.82, 2.24) is 15.4 Å². The lowest BCUT2D eigenvalue weighted by Gasteiger charge is -2.09. The molecule has 6 heteroatoms. The topological polar surface area (TPSA) is 76.1 Å². The number of benzene rings is 1. The summed E-state index contributed by atoms with van der Waals surface area (Å²) in [4.78, 5) is 19.4. The highest BCUT2D eigenvalue weighted by molar-refractivity contribution is 5.78. The van der Waals surface area contributed by atoms with E-state index >= 15 is 0 Å². The molecule has 2 rings (SSSR count). The summed E-state index contributed by atoms with van der Waals surface area (Å²) in [5.41, 5.74) is 7.25. The van der Waals surface area contributed by atoms with Gasteiger partial charge in [0.2, 0.25) is 5.95 Å². The summed E-state index contributed by atoms with van der Waals surface area (Å²) in [5, 5.41) is 0. The molecule has 0 atom stereocenters. The lowest BCUT2D eigenvalue weighted by molar-refractivity contribution is -0.122. The molecule has 0 aliphatic rings. The minimum atomic E-state index is -0.309. The maximum atomic E-state index is 11.6. The largest absolute Gasteiger partial charge is 0.484 e. The zero-order chi connectivity index (χ0) is 14.4. The van der Waals surface area contributed by atoms with Crippen molar-refractivity contribution in [2.45, 2.75) is 13.8 Å². The number of aryl methyl sites for hydroxylation is 2. The van der Waals surface area contributed by atoms with Crippen LogP contribution in [0.15, 0.2) is 36.7 Å². The van der Waals surface area contributed by atoms with Gasteiger partial charge in [0.15, 0.2) is 6.61 Å². The van der Waals surface area contributed by atoms with E-state index in [1.807, 2.05) is 32.0 Å². The van der Waals surface area contributed by atoms with E-state index in [1.54, 1.807) is 18.5 Å². The molecule has 6 nitrogen and oxygen atoms in total. The van der Waals surface area contributed by atoms with Gasteiger partial charge >= 0.3 is 0 Å². The molecule has 1 aromatic heterocycles. The van der Waals surface area contributed by atoms with Crippen LogP contribution >= 0.6 is 0 Å². The minimum Gasteiger partial charge on any atom is -0.484 e. The van der Waals surface area contributed by atoms with Crippen molar-refractivity contribution in [3.63, 3.8) is 0 Å². The molecule has 0 spiro atoms. The van der Waals surface area contributed by atoms with Gasteiger partial charge < -0.3 is 4.74 Å². The Bertz CT molecular complexity index is 567. The van der Waals surface area contributed by atoms with Crippen LogP contribution in [0.25, 0.3) is 0 Å². The van der Waals surface area contributed by atoms with Gasteiger partial charge in [-0.15, -0.1) is 0 Å². The second-order valence-corrected chi connectivity index (χ2v) is 4.36. The van der Waals surface area contributed by atoms with Crippen LogP contribution in [0.2, 0.25) is 0 Å². The molecule has 20 heavy (non-hydrogen) atoms. The number of hydrazine groups is 1. The fourth-order valence-electron chi connectivity index (χ4n) is 1.69. The second kappa shape index (κ2) is 6.51. The number of ether oxygens (including phenoxy) is 1. The van der Waals surface area contributed by atoms with E-state index in [2.05, 4.69) is 20.8 Å². The van der Waals surface area contributed by atoms with Crippen LogP contribution in [0, 0.1) is 13.8 Å². The van der Waals surface area contributed by atoms with E-state index in [0.717, 1.165) is 11.1 Å². The Hall–Kier alpha value is -2.63. The molecule has 0 radical (unpaired) electrons. The van der Waals surface area contributed by atoms with Gasteiger partial charge in [-0.25, -0.2) is 9.97 Å². The molecule has 0 unspecified atom stereocenters. The molecule has 0 saturated carbocycles. The number of nitrogens with zero attached hydrogens (tertiary/aromatic N) is 2. The van der Waals surface area contributed by atoms with Crippen LogP contribution in [0.4, 0.5) is 5.95 Å². The van der Waals surface area contributed by atoms with Crippen LogP contribution in [-0.2, 0) is 4.79 Å². The fourth-order valence-corrected chi connectivity index (χ4v) is 1.69. The van der Waals surface area contributed by atoms with Crippen molar-refractivity contribution in [3.8, 4) is 5.75 Å². The molecule has 2 N–H and O–H groups in total. The van der Waals surface area contributed by atoms with Gasteiger partial charge in [-0.1, -0.05) is 6.07 Å². The molecule has 0 fully saturated rings. The lowest BCUT2D eigenvalue weighted by atomic mass is 10.1. The zero-order valence-electron chi connectivity index (χ0n) is 11.4. The van der Waals surface area contributed by atoms with E-state index in [4.69, 9.17) is 4.74 Å². The summed E-state index contributed by atoms with van der Waals surface area (Å²) in [6, 6.07) is 7.50. The van der Waals surface area contributed by atoms with Crippen LogP contribution < -0.4 is 15.6 Å². The predicted octanol–water partition coefficient (Wildman–Crippen LogP) is 1.62. The number of anilines is 1. The van der Waals surface area contributed by atoms with Crippen molar-refractivity contribution < 1.29 is 9.53 Å². The summed E-state index contributed by atoms with van der Waals surface area (Å²) in [7, 11) is 0. The molecule has 1 aromatic carbocycles. The number of hydrogen-bond donors (Lipinski definition) is 2. The molecule has 1 heterocycles. The summed E-state index contributed by atoms with van der Waals surface area (Å²) in [6.45, 7) is 3.88. The third kappa shape index (κ3) is 4.24. The quantitative estimate of drug-likeness (QED) is 0.809. The molecular formula is C14H16N4O2. The monoisotopic (exact) mass is 272 g/mol. The number of nitrogens with one attached hydrogen (secondary N) is 2. The van der Waals surface area contributed by atoms with Crippen molar-refractivity contribution >= 4 is 11.9 Å². The highest BCUT2D eigenvalue weighted by atomic mass is 16.5. The third-order valence-corrected chi connectivity index (χ3v) is 2.44. The van der Waals surface area contributed by atoms with E-state index in [-0.39, 0.29) is 12.5 Å². The molecule has 104 valence electrons. The number of rotatable bonds is 5. The van der Waals surface area contributed by atoms with Crippen molar-refractivity contribution in [1.29, 1.82) is 0 Å². The Morgan fingerprint density at radius 2 is 1.80 bits per heavy atom. The maximum absolute atomic E-state index is 11.6. The Kier molecular flexibility index (Phi) is 4.49. The van der Waals surface area contributed by atoms with Gasteiger partial charge in [0.1, 0.15) is 5.75 Å². The van der Waals surface area contributed by atoms with Gasteiger partial charge in [0.05, 0.1) is 0 Å². The van der Waals surface area contributed by atoms with Crippen LogP contribution in [0.3, 0.4) is 0 Å². The average molecular weight is 272 g/mol. The Labute approximate surface area is 117 Å². The Balaban J connectivity index is 1.80. The maximum Gasteiger partial charge on any atom is 0.276 e. The highest BCUT2D eigenvalue weighted by Gasteiger charge is 2.04. The molecule has 0 bridgehead atoms. The van der Waals surface area contributed by atoms with E-state index in [0.29, 0.717) is 11.7 Å². The standard InChI is InChI=1S/C14H16N4O2/c1-10-6-11(2)8-12(7-10)20-9-13(19)17-18-14-15-4-3-5-16-14/h3-8H,9H2,1-2H3,(H,17,19)(H,15,16,18). The van der Waals surface area contributed by atoms with E-state index < -0.39 is 0 Å². The molecular weight excluding hydrogens is 256 g/mol. The first-order valence-corrected chi connectivity index (χ1v) is 6.16. The van der Waals surface area contributed by atoms with Crippen molar-refractivity contribution in [2.24, 2.45) is 0 Å². The normalized spacial score (nSPS) is 9.90. The summed E-state index contributed by atoms with van der Waals surface area (Å²) in [5.74, 6) is 0.692. The van der Waals surface area contributed by atoms with E-state index in [9.17, 15) is 4.79 Å². The number of carbonyl (C=O) groups is 1. The summed E-state index contributed by atoms with van der Waals surface area (Å²) >= 11 is 0. The minimum absolute atomic E-state index is 0.0806. The van der Waals surface area contributed by atoms with Gasteiger partial charge in [-0.3, -0.25) is 15.6 Å². The lowest BCUT2D eigenvalue weighted by Crippen LogP contribution is -2.34. The smallest absolute Gasteiger partial charge is 0.276 e. The summed E-state index contributed by atoms with van der Waals surface area (Å²) < 4.78 is 5.43. The number of carbonyl (C=O) groups excluding carboxylic acids is 1. The predicted molar refractivity (Wildman–Crippen MR) is 75.2 cm³/mol. The average Bonchev–Trinajstić information content (AvgIpc) is 2.43. The zero-order valence-corrected chi connectivity index (χ0v) is 11.4. The van der Waals surface area contributed by atoms with Gasteiger partial charge in [-0.05, 0) is 43.2 Å². The van der Waals surface area contributed by atoms with E-state index in [1.165, 1.54) is 0 Å². The SMILES string of the molecule is Cc1cc(C)cc(OCC(=O)NNc2ncccn2)c1. The molecule has 1 amide bonds. The molecule has 0 saturated heterocycles. The second-order valence-electron chi connectivity index (χ2n) is 4.36. The van der Waals surface area contributed by atoms with Crippen molar-refractivity contribution in [3.05, 3.63) is 47.8 Å². The van der Waals surface area contributed by atoms with Crippen LogP contribution in [0.1, 0.15) is 11.1 Å². The highest BCUT2D eigenvalue weighted by Crippen LogP contribution is 2.15. The first-order chi connectivity index (χ1) is 9.63. The fraction of sp³-hybridized carbons (Fsp3) is 0.214. The summed E-state index contributed by atoms with van der Waals surface area (Å²) in [6.07, 6.45) is 3.15. The van der Waals surface area contributed by atoms with Crippen molar-refractivity contribution in [2.75, 3.05) is 12.0 Å². The number of amides is 1. The van der Waals surface area contributed by atoms with Gasteiger partial charge in [0.25, 0.3) is 5.91 Å². The number of hydrogen-bond acceptors (Lipinski definition) is 5. The molecule has 0 aliphatic heterocycles. The first kappa shape index (κ1) is 13.8.